The Labute approximate surface area is 129 Å². The summed E-state index contributed by atoms with van der Waals surface area (Å²) in [6.45, 7) is 0.401. The van der Waals surface area contributed by atoms with Crippen molar-refractivity contribution in [3.05, 3.63) is 55.8 Å². The number of nitrogens with one attached hydrogen (secondary N) is 1. The van der Waals surface area contributed by atoms with Crippen LogP contribution in [0.5, 0.6) is 5.88 Å². The number of methoxy groups -OCH3 is 1. The minimum atomic E-state index is -0.398. The van der Waals surface area contributed by atoms with E-state index in [2.05, 4.69) is 10.3 Å². The molecule has 0 spiro atoms. The fourth-order valence-corrected chi connectivity index (χ4v) is 2.21. The van der Waals surface area contributed by atoms with Gasteiger partial charge in [-0.2, -0.15) is 0 Å². The van der Waals surface area contributed by atoms with Crippen LogP contribution in [0.25, 0.3) is 0 Å². The number of nitrogens with zero attached hydrogens (tertiary/aromatic N) is 2. The molecule has 1 N–H and O–H groups in total. The second-order valence-corrected chi connectivity index (χ2v) is 5.19. The molecule has 0 bridgehead atoms. The molecule has 0 aliphatic carbocycles. The monoisotopic (exact) mass is 385 g/mol. The predicted octanol–water partition coefficient (Wildman–Crippen LogP) is 3.22. The SMILES string of the molecule is COc1ncccc1CNc1ccc(I)cc1[N+](=O)[O-]. The molecule has 0 saturated heterocycles. The summed E-state index contributed by atoms with van der Waals surface area (Å²) in [5.41, 5.74) is 1.36. The Morgan fingerprint density at radius 3 is 2.95 bits per heavy atom. The summed E-state index contributed by atoms with van der Waals surface area (Å²) in [5.74, 6) is 0.508. The minimum absolute atomic E-state index is 0.0553. The van der Waals surface area contributed by atoms with Gasteiger partial charge in [0.25, 0.3) is 5.69 Å². The van der Waals surface area contributed by atoms with Crippen LogP contribution in [0.15, 0.2) is 36.5 Å². The highest BCUT2D eigenvalue weighted by Crippen LogP contribution is 2.27. The predicted molar refractivity (Wildman–Crippen MR) is 83.9 cm³/mol. The van der Waals surface area contributed by atoms with E-state index >= 15 is 0 Å². The molecule has 1 heterocycles. The summed E-state index contributed by atoms with van der Waals surface area (Å²) in [6.07, 6.45) is 1.63. The number of rotatable bonds is 5. The van der Waals surface area contributed by atoms with Gasteiger partial charge in [-0.1, -0.05) is 6.07 Å². The Kier molecular flexibility index (Phi) is 4.72. The Bertz CT molecular complexity index is 634. The molecule has 2 aromatic rings. The van der Waals surface area contributed by atoms with Gasteiger partial charge in [0.1, 0.15) is 5.69 Å². The molecule has 7 heteroatoms. The molecule has 20 heavy (non-hydrogen) atoms. The molecule has 0 aliphatic heterocycles. The van der Waals surface area contributed by atoms with Crippen LogP contribution in [-0.4, -0.2) is 17.0 Å². The quantitative estimate of drug-likeness (QED) is 0.486. The van der Waals surface area contributed by atoms with Gasteiger partial charge >= 0.3 is 0 Å². The van der Waals surface area contributed by atoms with Gasteiger partial charge in [0.05, 0.1) is 12.0 Å². The average Bonchev–Trinajstić information content (AvgIpc) is 2.46. The fourth-order valence-electron chi connectivity index (χ4n) is 1.74. The number of aromatic nitrogens is 1. The zero-order chi connectivity index (χ0) is 14.5. The standard InChI is InChI=1S/C13H12IN3O3/c1-20-13-9(3-2-6-15-13)8-16-11-5-4-10(14)7-12(11)17(18)19/h2-7,16H,8H2,1H3. The first-order chi connectivity index (χ1) is 9.61. The lowest BCUT2D eigenvalue weighted by Crippen LogP contribution is -2.05. The molecule has 1 aromatic heterocycles. The first-order valence-electron chi connectivity index (χ1n) is 5.77. The van der Waals surface area contributed by atoms with E-state index in [0.717, 1.165) is 9.13 Å². The van der Waals surface area contributed by atoms with Gasteiger partial charge in [-0.25, -0.2) is 4.98 Å². The maximum absolute atomic E-state index is 11.0. The van der Waals surface area contributed by atoms with Crippen LogP contribution >= 0.6 is 22.6 Å². The highest BCUT2D eigenvalue weighted by Gasteiger charge is 2.14. The minimum Gasteiger partial charge on any atom is -0.481 e. The van der Waals surface area contributed by atoms with Crippen molar-refractivity contribution >= 4 is 34.0 Å². The number of hydrogen-bond donors (Lipinski definition) is 1. The van der Waals surface area contributed by atoms with Crippen molar-refractivity contribution in [2.75, 3.05) is 12.4 Å². The summed E-state index contributed by atoms with van der Waals surface area (Å²) in [5, 5.41) is 14.1. The van der Waals surface area contributed by atoms with Gasteiger partial charge in [-0.3, -0.25) is 10.1 Å². The first kappa shape index (κ1) is 14.5. The molecule has 0 radical (unpaired) electrons. The number of pyridine rings is 1. The molecule has 0 aliphatic rings. The molecule has 0 unspecified atom stereocenters. The first-order valence-corrected chi connectivity index (χ1v) is 6.85. The van der Waals surface area contributed by atoms with Crippen LogP contribution in [-0.2, 0) is 6.54 Å². The average molecular weight is 385 g/mol. The molecular formula is C13H12IN3O3. The second-order valence-electron chi connectivity index (χ2n) is 3.94. The summed E-state index contributed by atoms with van der Waals surface area (Å²) in [4.78, 5) is 14.7. The van der Waals surface area contributed by atoms with Crippen LogP contribution in [0.4, 0.5) is 11.4 Å². The normalized spacial score (nSPS) is 10.1. The third-order valence-corrected chi connectivity index (χ3v) is 3.34. The lowest BCUT2D eigenvalue weighted by molar-refractivity contribution is -0.384. The van der Waals surface area contributed by atoms with Crippen molar-refractivity contribution in [1.29, 1.82) is 0 Å². The smallest absolute Gasteiger partial charge is 0.293 e. The Balaban J connectivity index is 2.21. The van der Waals surface area contributed by atoms with E-state index < -0.39 is 4.92 Å². The molecule has 6 nitrogen and oxygen atoms in total. The van der Waals surface area contributed by atoms with Crippen molar-refractivity contribution in [3.8, 4) is 5.88 Å². The number of benzene rings is 1. The number of ether oxygens (including phenoxy) is 1. The highest BCUT2D eigenvalue weighted by atomic mass is 127. The van der Waals surface area contributed by atoms with Gasteiger partial charge in [-0.15, -0.1) is 0 Å². The van der Waals surface area contributed by atoms with E-state index in [9.17, 15) is 10.1 Å². The van der Waals surface area contributed by atoms with E-state index in [1.54, 1.807) is 25.4 Å². The van der Waals surface area contributed by atoms with Gasteiger partial charge in [-0.05, 0) is 40.8 Å². The topological polar surface area (TPSA) is 77.3 Å². The number of nitro benzene ring substituents is 1. The van der Waals surface area contributed by atoms with Crippen LogP contribution in [0.1, 0.15) is 5.56 Å². The van der Waals surface area contributed by atoms with Crippen molar-refractivity contribution in [2.24, 2.45) is 0 Å². The van der Waals surface area contributed by atoms with Gasteiger partial charge in [0, 0.05) is 27.9 Å². The Hall–Kier alpha value is -1.90. The molecule has 2 rings (SSSR count). The van der Waals surface area contributed by atoms with Crippen LogP contribution in [0, 0.1) is 13.7 Å². The van der Waals surface area contributed by atoms with Gasteiger partial charge < -0.3 is 10.1 Å². The maximum atomic E-state index is 11.0. The number of nitro groups is 1. The molecule has 1 aromatic carbocycles. The second kappa shape index (κ2) is 6.51. The molecule has 0 fully saturated rings. The number of hydrogen-bond acceptors (Lipinski definition) is 5. The Morgan fingerprint density at radius 2 is 2.25 bits per heavy atom. The summed E-state index contributed by atoms with van der Waals surface area (Å²) in [7, 11) is 1.54. The molecule has 104 valence electrons. The van der Waals surface area contributed by atoms with Crippen molar-refractivity contribution in [3.63, 3.8) is 0 Å². The fraction of sp³-hybridized carbons (Fsp3) is 0.154. The van der Waals surface area contributed by atoms with Gasteiger partial charge in [0.15, 0.2) is 0 Å². The lowest BCUT2D eigenvalue weighted by atomic mass is 10.2. The van der Waals surface area contributed by atoms with E-state index in [-0.39, 0.29) is 5.69 Å². The molecule has 0 atom stereocenters. The largest absolute Gasteiger partial charge is 0.481 e. The molecule has 0 amide bonds. The molecule has 0 saturated carbocycles. The zero-order valence-corrected chi connectivity index (χ0v) is 12.8. The van der Waals surface area contributed by atoms with Crippen molar-refractivity contribution < 1.29 is 9.66 Å². The molecular weight excluding hydrogens is 373 g/mol. The number of halogens is 1. The van der Waals surface area contributed by atoms with Crippen LogP contribution in [0.2, 0.25) is 0 Å². The van der Waals surface area contributed by atoms with E-state index in [1.165, 1.54) is 6.07 Å². The van der Waals surface area contributed by atoms with E-state index in [0.29, 0.717) is 18.1 Å². The van der Waals surface area contributed by atoms with Crippen LogP contribution in [0.3, 0.4) is 0 Å². The van der Waals surface area contributed by atoms with Crippen molar-refractivity contribution in [1.82, 2.24) is 4.98 Å². The lowest BCUT2D eigenvalue weighted by Gasteiger charge is -2.10. The van der Waals surface area contributed by atoms with Crippen LogP contribution < -0.4 is 10.1 Å². The summed E-state index contributed by atoms with van der Waals surface area (Å²) < 4.78 is 5.96. The zero-order valence-electron chi connectivity index (χ0n) is 10.7. The Morgan fingerprint density at radius 1 is 1.45 bits per heavy atom. The van der Waals surface area contributed by atoms with E-state index in [4.69, 9.17) is 4.74 Å². The third kappa shape index (κ3) is 3.35. The number of anilines is 1. The highest BCUT2D eigenvalue weighted by molar-refractivity contribution is 14.1. The van der Waals surface area contributed by atoms with E-state index in [1.807, 2.05) is 34.7 Å². The third-order valence-electron chi connectivity index (χ3n) is 2.67. The van der Waals surface area contributed by atoms with Gasteiger partial charge in [0.2, 0.25) is 5.88 Å². The summed E-state index contributed by atoms with van der Waals surface area (Å²) in [6, 6.07) is 8.70. The maximum Gasteiger partial charge on any atom is 0.293 e. The van der Waals surface area contributed by atoms with Crippen molar-refractivity contribution in [2.45, 2.75) is 6.54 Å². The summed E-state index contributed by atoms with van der Waals surface area (Å²) >= 11 is 2.04.